The molecule has 2 nitrogen and oxygen atoms in total. The Kier molecular flexibility index (Phi) is 4.82. The standard InChI is InChI=1S/C11H23FN2/c1-8(2)9(7-13)11(12)10-5-3-4-6-14-10/h8-11,14H,3-7,13H2,1-2H3. The number of piperidine rings is 1. The topological polar surface area (TPSA) is 38.0 Å². The first-order chi connectivity index (χ1) is 6.66. The van der Waals surface area contributed by atoms with Gasteiger partial charge in [-0.2, -0.15) is 0 Å². The third-order valence-electron chi connectivity index (χ3n) is 3.27. The third kappa shape index (κ3) is 2.92. The van der Waals surface area contributed by atoms with Crippen molar-refractivity contribution in [2.75, 3.05) is 13.1 Å². The molecule has 84 valence electrons. The number of nitrogens with two attached hydrogens (primary N) is 1. The number of nitrogens with one attached hydrogen (secondary N) is 1. The molecule has 1 rings (SSSR count). The number of hydrogen-bond donors (Lipinski definition) is 2. The van der Waals surface area contributed by atoms with Crippen LogP contribution in [0.2, 0.25) is 0 Å². The molecule has 0 saturated carbocycles. The molecular weight excluding hydrogens is 179 g/mol. The van der Waals surface area contributed by atoms with Gasteiger partial charge in [0.15, 0.2) is 0 Å². The number of alkyl halides is 1. The van der Waals surface area contributed by atoms with Crippen molar-refractivity contribution >= 4 is 0 Å². The van der Waals surface area contributed by atoms with E-state index in [4.69, 9.17) is 5.73 Å². The number of hydrogen-bond acceptors (Lipinski definition) is 2. The van der Waals surface area contributed by atoms with Gasteiger partial charge in [0.25, 0.3) is 0 Å². The minimum Gasteiger partial charge on any atom is -0.330 e. The fraction of sp³-hybridized carbons (Fsp3) is 1.00. The Morgan fingerprint density at radius 2 is 2.14 bits per heavy atom. The highest BCUT2D eigenvalue weighted by Crippen LogP contribution is 2.23. The molecule has 1 aliphatic heterocycles. The highest BCUT2D eigenvalue weighted by Gasteiger charge is 2.31. The summed E-state index contributed by atoms with van der Waals surface area (Å²) in [6.45, 7) is 5.51. The molecule has 3 heteroatoms. The Hall–Kier alpha value is -0.150. The van der Waals surface area contributed by atoms with E-state index in [1.165, 1.54) is 6.42 Å². The normalized spacial score (nSPS) is 27.6. The fourth-order valence-corrected chi connectivity index (χ4v) is 2.22. The van der Waals surface area contributed by atoms with Gasteiger partial charge in [0.2, 0.25) is 0 Å². The van der Waals surface area contributed by atoms with Crippen molar-refractivity contribution in [2.45, 2.75) is 45.3 Å². The zero-order valence-electron chi connectivity index (χ0n) is 9.30. The summed E-state index contributed by atoms with van der Waals surface area (Å²) < 4.78 is 14.1. The van der Waals surface area contributed by atoms with Crippen LogP contribution in [0.5, 0.6) is 0 Å². The molecular formula is C11H23FN2. The van der Waals surface area contributed by atoms with Gasteiger partial charge >= 0.3 is 0 Å². The second-order valence-electron chi connectivity index (χ2n) is 4.64. The molecule has 1 saturated heterocycles. The van der Waals surface area contributed by atoms with E-state index in [1.807, 2.05) is 13.8 Å². The van der Waals surface area contributed by atoms with Crippen LogP contribution >= 0.6 is 0 Å². The van der Waals surface area contributed by atoms with E-state index in [9.17, 15) is 4.39 Å². The van der Waals surface area contributed by atoms with Gasteiger partial charge in [0.1, 0.15) is 6.17 Å². The average Bonchev–Trinajstić information content (AvgIpc) is 2.19. The molecule has 0 amide bonds. The van der Waals surface area contributed by atoms with Crippen LogP contribution in [0.15, 0.2) is 0 Å². The fourth-order valence-electron chi connectivity index (χ4n) is 2.22. The summed E-state index contributed by atoms with van der Waals surface area (Å²) in [5, 5.41) is 3.26. The molecule has 3 unspecified atom stereocenters. The lowest BCUT2D eigenvalue weighted by Gasteiger charge is -2.32. The smallest absolute Gasteiger partial charge is 0.120 e. The quantitative estimate of drug-likeness (QED) is 0.728. The highest BCUT2D eigenvalue weighted by atomic mass is 19.1. The molecule has 0 bridgehead atoms. The van der Waals surface area contributed by atoms with Gasteiger partial charge < -0.3 is 11.1 Å². The van der Waals surface area contributed by atoms with Crippen molar-refractivity contribution in [3.8, 4) is 0 Å². The van der Waals surface area contributed by atoms with E-state index in [0.717, 1.165) is 19.4 Å². The molecule has 3 N–H and O–H groups in total. The van der Waals surface area contributed by atoms with Gasteiger partial charge in [0.05, 0.1) is 0 Å². The SMILES string of the molecule is CC(C)C(CN)C(F)C1CCCCN1. The second-order valence-corrected chi connectivity index (χ2v) is 4.64. The second kappa shape index (κ2) is 5.66. The van der Waals surface area contributed by atoms with Gasteiger partial charge in [-0.25, -0.2) is 4.39 Å². The van der Waals surface area contributed by atoms with E-state index in [2.05, 4.69) is 5.32 Å². The lowest BCUT2D eigenvalue weighted by Crippen LogP contribution is -2.47. The largest absolute Gasteiger partial charge is 0.330 e. The van der Waals surface area contributed by atoms with Crippen molar-refractivity contribution in [2.24, 2.45) is 17.6 Å². The molecule has 0 aromatic rings. The van der Waals surface area contributed by atoms with Crippen molar-refractivity contribution in [3.05, 3.63) is 0 Å². The Labute approximate surface area is 86.4 Å². The molecule has 0 spiro atoms. The van der Waals surface area contributed by atoms with Crippen molar-refractivity contribution in [1.29, 1.82) is 0 Å². The van der Waals surface area contributed by atoms with Crippen molar-refractivity contribution < 1.29 is 4.39 Å². The maximum Gasteiger partial charge on any atom is 0.120 e. The molecule has 1 fully saturated rings. The van der Waals surface area contributed by atoms with Crippen LogP contribution in [0, 0.1) is 11.8 Å². The molecule has 3 atom stereocenters. The van der Waals surface area contributed by atoms with E-state index in [1.54, 1.807) is 0 Å². The highest BCUT2D eigenvalue weighted by molar-refractivity contribution is 4.86. The molecule has 0 aromatic heterocycles. The lowest BCUT2D eigenvalue weighted by molar-refractivity contribution is 0.124. The Morgan fingerprint density at radius 3 is 2.57 bits per heavy atom. The first kappa shape index (κ1) is 11.9. The monoisotopic (exact) mass is 202 g/mol. The summed E-state index contributed by atoms with van der Waals surface area (Å²) in [5.74, 6) is 0.337. The van der Waals surface area contributed by atoms with Crippen LogP contribution in [-0.2, 0) is 0 Å². The summed E-state index contributed by atoms with van der Waals surface area (Å²) in [6.07, 6.45) is 2.51. The molecule has 0 radical (unpaired) electrons. The lowest BCUT2D eigenvalue weighted by atomic mass is 9.85. The summed E-state index contributed by atoms with van der Waals surface area (Å²) in [4.78, 5) is 0. The maximum absolute atomic E-state index is 14.1. The zero-order chi connectivity index (χ0) is 10.6. The minimum absolute atomic E-state index is 0.00519. The van der Waals surface area contributed by atoms with E-state index < -0.39 is 6.17 Å². The van der Waals surface area contributed by atoms with Gasteiger partial charge in [-0.05, 0) is 31.8 Å². The predicted octanol–water partition coefficient (Wildman–Crippen LogP) is 1.70. The van der Waals surface area contributed by atoms with Crippen LogP contribution < -0.4 is 11.1 Å². The van der Waals surface area contributed by atoms with Crippen molar-refractivity contribution in [3.63, 3.8) is 0 Å². The van der Waals surface area contributed by atoms with Crippen LogP contribution in [0.3, 0.4) is 0 Å². The summed E-state index contributed by atoms with van der Waals surface area (Å²) in [5.41, 5.74) is 5.61. The van der Waals surface area contributed by atoms with E-state index in [0.29, 0.717) is 12.5 Å². The zero-order valence-corrected chi connectivity index (χ0v) is 9.30. The van der Waals surface area contributed by atoms with Gasteiger partial charge in [-0.1, -0.05) is 20.3 Å². The summed E-state index contributed by atoms with van der Waals surface area (Å²) >= 11 is 0. The number of rotatable bonds is 4. The van der Waals surface area contributed by atoms with E-state index >= 15 is 0 Å². The van der Waals surface area contributed by atoms with Gasteiger partial charge in [-0.3, -0.25) is 0 Å². The molecule has 0 aliphatic carbocycles. The Morgan fingerprint density at radius 1 is 1.43 bits per heavy atom. The van der Waals surface area contributed by atoms with Crippen LogP contribution in [0.1, 0.15) is 33.1 Å². The maximum atomic E-state index is 14.1. The van der Waals surface area contributed by atoms with Crippen LogP contribution in [-0.4, -0.2) is 25.3 Å². The summed E-state index contributed by atoms with van der Waals surface area (Å²) in [7, 11) is 0. The molecule has 14 heavy (non-hydrogen) atoms. The van der Waals surface area contributed by atoms with Gasteiger partial charge in [0, 0.05) is 12.0 Å². The third-order valence-corrected chi connectivity index (χ3v) is 3.27. The molecule has 0 aromatic carbocycles. The van der Waals surface area contributed by atoms with Gasteiger partial charge in [-0.15, -0.1) is 0 Å². The van der Waals surface area contributed by atoms with Crippen LogP contribution in [0.4, 0.5) is 4.39 Å². The first-order valence-electron chi connectivity index (χ1n) is 5.74. The molecule has 1 heterocycles. The summed E-state index contributed by atoms with van der Waals surface area (Å²) in [6, 6.07) is 0.0414. The van der Waals surface area contributed by atoms with Crippen molar-refractivity contribution in [1.82, 2.24) is 5.32 Å². The first-order valence-corrected chi connectivity index (χ1v) is 5.74. The average molecular weight is 202 g/mol. The molecule has 1 aliphatic rings. The predicted molar refractivity (Wildman–Crippen MR) is 57.9 cm³/mol. The minimum atomic E-state index is -0.778. The Bertz CT molecular complexity index is 155. The number of halogens is 1. The van der Waals surface area contributed by atoms with E-state index in [-0.39, 0.29) is 12.0 Å². The van der Waals surface area contributed by atoms with Crippen LogP contribution in [0.25, 0.3) is 0 Å². The Balaban J connectivity index is 2.47.